The van der Waals surface area contributed by atoms with Crippen molar-refractivity contribution in [2.24, 2.45) is 5.92 Å². The van der Waals surface area contributed by atoms with E-state index in [1.54, 1.807) is 11.3 Å². The molecule has 0 spiro atoms. The molecular weight excluding hydrogens is 258 g/mol. The van der Waals surface area contributed by atoms with Gasteiger partial charge in [-0.15, -0.1) is 11.3 Å². The van der Waals surface area contributed by atoms with Crippen molar-refractivity contribution < 1.29 is 13.5 Å². The number of aliphatic hydroxyl groups excluding tert-OH is 1. The first-order chi connectivity index (χ1) is 8.09. The summed E-state index contributed by atoms with van der Waals surface area (Å²) in [6, 6.07) is 0. The summed E-state index contributed by atoms with van der Waals surface area (Å²) >= 11 is 1.57. The van der Waals surface area contributed by atoms with E-state index in [-0.39, 0.29) is 12.5 Å². The average Bonchev–Trinajstić information content (AvgIpc) is 2.64. The first-order valence-corrected chi connectivity index (χ1v) is 8.54. The number of hydrogen-bond acceptors (Lipinski definition) is 5. The van der Waals surface area contributed by atoms with Crippen LogP contribution in [-0.4, -0.2) is 36.6 Å². The fraction of sp³-hybridized carbons (Fsp3) is 0.727. The van der Waals surface area contributed by atoms with Gasteiger partial charge in [-0.05, 0) is 18.8 Å². The maximum atomic E-state index is 11.5. The monoisotopic (exact) mass is 275 g/mol. The molecule has 0 amide bonds. The number of nitrogens with zero attached hydrogens (tertiary/aromatic N) is 1. The van der Waals surface area contributed by atoms with Crippen LogP contribution in [0.25, 0.3) is 0 Å². The Bertz CT molecular complexity index is 467. The molecule has 1 aliphatic rings. The summed E-state index contributed by atoms with van der Waals surface area (Å²) in [5.74, 6) is 0.876. The summed E-state index contributed by atoms with van der Waals surface area (Å²) < 4.78 is 23.0. The molecule has 2 heterocycles. The maximum Gasteiger partial charge on any atom is 0.150 e. The van der Waals surface area contributed by atoms with E-state index < -0.39 is 9.84 Å². The van der Waals surface area contributed by atoms with Crippen molar-refractivity contribution in [3.05, 3.63) is 16.1 Å². The van der Waals surface area contributed by atoms with E-state index in [0.717, 1.165) is 30.0 Å². The Morgan fingerprint density at radius 2 is 2.35 bits per heavy atom. The van der Waals surface area contributed by atoms with Gasteiger partial charge in [0.2, 0.25) is 0 Å². The summed E-state index contributed by atoms with van der Waals surface area (Å²) in [5, 5.41) is 11.7. The van der Waals surface area contributed by atoms with Crippen LogP contribution < -0.4 is 0 Å². The molecule has 0 radical (unpaired) electrons. The highest BCUT2D eigenvalue weighted by atomic mass is 32.2. The second kappa shape index (κ2) is 5.46. The Morgan fingerprint density at radius 3 is 3.06 bits per heavy atom. The number of sulfone groups is 1. The van der Waals surface area contributed by atoms with Crippen molar-refractivity contribution in [2.45, 2.75) is 25.7 Å². The lowest BCUT2D eigenvalue weighted by atomic mass is 10.0. The summed E-state index contributed by atoms with van der Waals surface area (Å²) in [4.78, 5) is 4.41. The first kappa shape index (κ1) is 13.0. The van der Waals surface area contributed by atoms with E-state index in [1.165, 1.54) is 0 Å². The van der Waals surface area contributed by atoms with Gasteiger partial charge in [-0.3, -0.25) is 0 Å². The fourth-order valence-electron chi connectivity index (χ4n) is 2.20. The number of aliphatic hydroxyl groups is 1. The van der Waals surface area contributed by atoms with Crippen LogP contribution in [0.2, 0.25) is 0 Å². The molecule has 2 rings (SSSR count). The van der Waals surface area contributed by atoms with Gasteiger partial charge in [0.05, 0.1) is 22.2 Å². The molecule has 1 fully saturated rings. The number of rotatable bonds is 4. The standard InChI is InChI=1S/C11H17NO3S2/c13-4-3-10-7-16-11(12-10)6-9-2-1-5-17(14,15)8-9/h7,9,13H,1-6,8H2. The van der Waals surface area contributed by atoms with Gasteiger partial charge >= 0.3 is 0 Å². The molecule has 4 nitrogen and oxygen atoms in total. The normalized spacial score (nSPS) is 23.7. The van der Waals surface area contributed by atoms with E-state index in [0.29, 0.717) is 17.9 Å². The van der Waals surface area contributed by atoms with E-state index in [4.69, 9.17) is 5.11 Å². The molecule has 17 heavy (non-hydrogen) atoms. The molecule has 96 valence electrons. The summed E-state index contributed by atoms with van der Waals surface area (Å²) in [7, 11) is -2.82. The molecule has 0 saturated carbocycles. The first-order valence-electron chi connectivity index (χ1n) is 5.83. The van der Waals surface area contributed by atoms with E-state index >= 15 is 0 Å². The third-order valence-corrected chi connectivity index (χ3v) is 5.80. The Hall–Kier alpha value is -0.460. The Balaban J connectivity index is 1.95. The summed E-state index contributed by atoms with van der Waals surface area (Å²) in [5.41, 5.74) is 0.908. The third kappa shape index (κ3) is 3.76. The van der Waals surface area contributed by atoms with Gasteiger partial charge in [0.25, 0.3) is 0 Å². The minimum Gasteiger partial charge on any atom is -0.396 e. The van der Waals surface area contributed by atoms with Crippen molar-refractivity contribution in [1.82, 2.24) is 4.98 Å². The molecule has 1 aliphatic heterocycles. The molecule has 0 aromatic carbocycles. The van der Waals surface area contributed by atoms with Crippen LogP contribution >= 0.6 is 11.3 Å². The van der Waals surface area contributed by atoms with E-state index in [9.17, 15) is 8.42 Å². The van der Waals surface area contributed by atoms with Crippen molar-refractivity contribution in [3.8, 4) is 0 Å². The van der Waals surface area contributed by atoms with Crippen molar-refractivity contribution in [1.29, 1.82) is 0 Å². The largest absolute Gasteiger partial charge is 0.396 e. The molecule has 6 heteroatoms. The number of thiazole rings is 1. The van der Waals surface area contributed by atoms with Crippen molar-refractivity contribution in [3.63, 3.8) is 0 Å². The zero-order valence-corrected chi connectivity index (χ0v) is 11.3. The highest BCUT2D eigenvalue weighted by molar-refractivity contribution is 7.91. The fourth-order valence-corrected chi connectivity index (χ4v) is 4.92. The van der Waals surface area contributed by atoms with Crippen molar-refractivity contribution >= 4 is 21.2 Å². The SMILES string of the molecule is O=S1(=O)CCCC(Cc2nc(CCO)cs2)C1. The Morgan fingerprint density at radius 1 is 1.53 bits per heavy atom. The van der Waals surface area contributed by atoms with Crippen LogP contribution in [0.4, 0.5) is 0 Å². The van der Waals surface area contributed by atoms with Gasteiger partial charge < -0.3 is 5.11 Å². The molecular formula is C11H17NO3S2. The van der Waals surface area contributed by atoms with Crippen LogP contribution in [0.1, 0.15) is 23.5 Å². The van der Waals surface area contributed by atoms with Gasteiger partial charge in [-0.25, -0.2) is 13.4 Å². The van der Waals surface area contributed by atoms with Gasteiger partial charge in [-0.1, -0.05) is 0 Å². The minimum absolute atomic E-state index is 0.112. The lowest BCUT2D eigenvalue weighted by Gasteiger charge is -2.20. The number of aromatic nitrogens is 1. The minimum atomic E-state index is -2.82. The highest BCUT2D eigenvalue weighted by Crippen LogP contribution is 2.23. The lowest BCUT2D eigenvalue weighted by molar-refractivity contribution is 0.298. The van der Waals surface area contributed by atoms with Crippen LogP contribution in [-0.2, 0) is 22.7 Å². The quantitative estimate of drug-likeness (QED) is 0.891. The lowest BCUT2D eigenvalue weighted by Crippen LogP contribution is -2.26. The zero-order valence-electron chi connectivity index (χ0n) is 9.63. The second-order valence-electron chi connectivity index (χ2n) is 4.53. The molecule has 0 aliphatic carbocycles. The predicted octanol–water partition coefficient (Wildman–Crippen LogP) is 1.05. The average molecular weight is 275 g/mol. The zero-order chi connectivity index (χ0) is 12.3. The molecule has 1 unspecified atom stereocenters. The molecule has 1 aromatic rings. The Kier molecular flexibility index (Phi) is 4.17. The van der Waals surface area contributed by atoms with Gasteiger partial charge in [0.15, 0.2) is 9.84 Å². The topological polar surface area (TPSA) is 67.3 Å². The summed E-state index contributed by atoms with van der Waals surface area (Å²) in [6.45, 7) is 0.112. The molecule has 0 bridgehead atoms. The number of hydrogen-bond donors (Lipinski definition) is 1. The van der Waals surface area contributed by atoms with E-state index in [2.05, 4.69) is 4.98 Å². The van der Waals surface area contributed by atoms with Gasteiger partial charge in [-0.2, -0.15) is 0 Å². The molecule has 1 atom stereocenters. The predicted molar refractivity (Wildman–Crippen MR) is 68.0 cm³/mol. The maximum absolute atomic E-state index is 11.5. The summed E-state index contributed by atoms with van der Waals surface area (Å²) in [6.07, 6.45) is 3.10. The van der Waals surface area contributed by atoms with E-state index in [1.807, 2.05) is 5.38 Å². The van der Waals surface area contributed by atoms with Crippen LogP contribution in [0.15, 0.2) is 5.38 Å². The third-order valence-electron chi connectivity index (χ3n) is 2.99. The molecule has 1 aromatic heterocycles. The molecule has 1 saturated heterocycles. The van der Waals surface area contributed by atoms with Crippen LogP contribution in [0.3, 0.4) is 0 Å². The van der Waals surface area contributed by atoms with Crippen LogP contribution in [0, 0.1) is 5.92 Å². The van der Waals surface area contributed by atoms with Crippen LogP contribution in [0.5, 0.6) is 0 Å². The Labute approximate surface area is 106 Å². The van der Waals surface area contributed by atoms with Crippen molar-refractivity contribution in [2.75, 3.05) is 18.1 Å². The smallest absolute Gasteiger partial charge is 0.150 e. The highest BCUT2D eigenvalue weighted by Gasteiger charge is 2.25. The second-order valence-corrected chi connectivity index (χ2v) is 7.70. The molecule has 1 N–H and O–H groups in total. The van der Waals surface area contributed by atoms with Gasteiger partial charge in [0.1, 0.15) is 0 Å². The van der Waals surface area contributed by atoms with Gasteiger partial charge in [0, 0.05) is 24.8 Å².